The lowest BCUT2D eigenvalue weighted by Crippen LogP contribution is -2.45. The van der Waals surface area contributed by atoms with Gasteiger partial charge >= 0.3 is 0 Å². The Balaban J connectivity index is 1.14. The maximum atomic E-state index is 12.9. The average molecular weight is 454 g/mol. The summed E-state index contributed by atoms with van der Waals surface area (Å²) in [5.74, 6) is -0.201. The Bertz CT molecular complexity index is 1200. The van der Waals surface area contributed by atoms with Crippen LogP contribution in [0.5, 0.6) is 0 Å². The summed E-state index contributed by atoms with van der Waals surface area (Å²) in [5.41, 5.74) is 4.51. The number of carbonyl (C=O) groups is 1. The van der Waals surface area contributed by atoms with Crippen molar-refractivity contribution in [1.29, 1.82) is 0 Å². The van der Waals surface area contributed by atoms with Crippen molar-refractivity contribution < 1.29 is 4.79 Å². The minimum Gasteiger partial charge on any atom is -0.322 e. The van der Waals surface area contributed by atoms with Gasteiger partial charge < -0.3 is 5.32 Å². The number of aromatic nitrogens is 4. The van der Waals surface area contributed by atoms with Crippen LogP contribution in [0.2, 0.25) is 0 Å². The zero-order valence-corrected chi connectivity index (χ0v) is 18.9. The third-order valence-electron chi connectivity index (χ3n) is 6.08. The van der Waals surface area contributed by atoms with Crippen LogP contribution < -0.4 is 5.32 Å². The number of piperazine rings is 1. The van der Waals surface area contributed by atoms with E-state index >= 15 is 0 Å². The summed E-state index contributed by atoms with van der Waals surface area (Å²) in [6, 6.07) is 26.0. The molecule has 1 amide bonds. The number of para-hydroxylation sites is 1. The van der Waals surface area contributed by atoms with E-state index in [-0.39, 0.29) is 5.91 Å². The lowest BCUT2D eigenvalue weighted by molar-refractivity contribution is 0.102. The summed E-state index contributed by atoms with van der Waals surface area (Å²) in [4.78, 5) is 17.9. The van der Waals surface area contributed by atoms with Gasteiger partial charge in [-0.25, -0.2) is 0 Å². The minimum atomic E-state index is -0.201. The molecule has 1 aliphatic heterocycles. The van der Waals surface area contributed by atoms with Crippen LogP contribution in [-0.2, 0) is 13.1 Å². The Labute approximate surface area is 198 Å². The molecular weight excluding hydrogens is 426 g/mol. The molecule has 1 N–H and O–H groups in total. The molecule has 1 aromatic heterocycles. The normalized spacial score (nSPS) is 14.7. The van der Waals surface area contributed by atoms with E-state index in [1.165, 1.54) is 22.1 Å². The van der Waals surface area contributed by atoms with Crippen LogP contribution in [0.1, 0.15) is 21.5 Å². The fourth-order valence-electron chi connectivity index (χ4n) is 4.23. The van der Waals surface area contributed by atoms with E-state index in [9.17, 15) is 4.79 Å². The second-order valence-electron chi connectivity index (χ2n) is 8.46. The predicted octanol–water partition coefficient (Wildman–Crippen LogP) is 3.23. The van der Waals surface area contributed by atoms with Crippen molar-refractivity contribution >= 4 is 11.6 Å². The van der Waals surface area contributed by atoms with Gasteiger partial charge in [0.05, 0.1) is 11.3 Å². The molecule has 0 unspecified atom stereocenters. The lowest BCUT2D eigenvalue weighted by Gasteiger charge is -2.34. The van der Waals surface area contributed by atoms with Crippen LogP contribution in [-0.4, -0.2) is 62.1 Å². The van der Waals surface area contributed by atoms with Crippen molar-refractivity contribution in [3.63, 3.8) is 0 Å². The van der Waals surface area contributed by atoms with Crippen LogP contribution in [0.4, 0.5) is 5.69 Å². The fraction of sp³-hybridized carbons (Fsp3) is 0.231. The summed E-state index contributed by atoms with van der Waals surface area (Å²) in [7, 11) is 0. The Morgan fingerprint density at radius 3 is 2.03 bits per heavy atom. The lowest BCUT2D eigenvalue weighted by atomic mass is 10.1. The van der Waals surface area contributed by atoms with Crippen molar-refractivity contribution in [2.75, 3.05) is 31.5 Å². The van der Waals surface area contributed by atoms with E-state index in [0.717, 1.165) is 45.0 Å². The number of hydrogen-bond acceptors (Lipinski definition) is 6. The van der Waals surface area contributed by atoms with Crippen LogP contribution in [0, 0.1) is 0 Å². The van der Waals surface area contributed by atoms with Crippen molar-refractivity contribution in [2.45, 2.75) is 13.1 Å². The average Bonchev–Trinajstić information content (AvgIpc) is 3.42. The highest BCUT2D eigenvalue weighted by atomic mass is 16.1. The summed E-state index contributed by atoms with van der Waals surface area (Å²) in [6.07, 6.45) is 1.47. The van der Waals surface area contributed by atoms with Crippen molar-refractivity contribution in [3.8, 4) is 5.69 Å². The molecule has 172 valence electrons. The molecule has 1 fully saturated rings. The second kappa shape index (κ2) is 10.4. The highest BCUT2D eigenvalue weighted by Gasteiger charge is 2.17. The maximum Gasteiger partial charge on any atom is 0.257 e. The number of benzene rings is 3. The molecule has 2 heterocycles. The number of nitrogens with zero attached hydrogens (tertiary/aromatic N) is 6. The number of amides is 1. The maximum absolute atomic E-state index is 12.9. The molecule has 8 nitrogen and oxygen atoms in total. The first kappa shape index (κ1) is 21.9. The number of tetrazole rings is 1. The molecule has 5 rings (SSSR count). The quantitative estimate of drug-likeness (QED) is 0.463. The topological polar surface area (TPSA) is 79.2 Å². The predicted molar refractivity (Wildman–Crippen MR) is 131 cm³/mol. The molecule has 4 aromatic rings. The molecule has 0 aliphatic carbocycles. The van der Waals surface area contributed by atoms with Gasteiger partial charge in [0.2, 0.25) is 0 Å². The summed E-state index contributed by atoms with van der Waals surface area (Å²) in [5, 5.41) is 14.2. The largest absolute Gasteiger partial charge is 0.322 e. The Morgan fingerprint density at radius 1 is 0.765 bits per heavy atom. The molecule has 34 heavy (non-hydrogen) atoms. The first-order valence-corrected chi connectivity index (χ1v) is 11.5. The Hall–Kier alpha value is -3.88. The van der Waals surface area contributed by atoms with Crippen LogP contribution in [0.3, 0.4) is 0 Å². The third-order valence-corrected chi connectivity index (χ3v) is 6.08. The van der Waals surface area contributed by atoms with E-state index in [0.29, 0.717) is 11.3 Å². The van der Waals surface area contributed by atoms with Crippen LogP contribution in [0.25, 0.3) is 5.69 Å². The highest BCUT2D eigenvalue weighted by Crippen LogP contribution is 2.18. The fourth-order valence-corrected chi connectivity index (χ4v) is 4.23. The SMILES string of the molecule is O=C(Nc1ccc(CN2CCN(Cc3ccccc3)CC2)cc1)c1ccccc1-n1cnnn1. The Kier molecular flexibility index (Phi) is 6.69. The molecule has 0 radical (unpaired) electrons. The first-order chi connectivity index (χ1) is 16.7. The molecule has 0 atom stereocenters. The molecule has 8 heteroatoms. The number of carbonyl (C=O) groups excluding carboxylic acids is 1. The zero-order chi connectivity index (χ0) is 23.2. The molecule has 1 saturated heterocycles. The van der Waals surface area contributed by atoms with Crippen LogP contribution in [0.15, 0.2) is 85.2 Å². The molecule has 0 bridgehead atoms. The smallest absolute Gasteiger partial charge is 0.257 e. The van der Waals surface area contributed by atoms with Gasteiger partial charge in [-0.15, -0.1) is 5.10 Å². The van der Waals surface area contributed by atoms with Crippen molar-refractivity contribution in [1.82, 2.24) is 30.0 Å². The number of anilines is 1. The number of hydrogen-bond donors (Lipinski definition) is 1. The van der Waals surface area contributed by atoms with E-state index in [4.69, 9.17) is 0 Å². The van der Waals surface area contributed by atoms with Gasteiger partial charge in [0.15, 0.2) is 0 Å². The molecular formula is C26H27N7O. The molecule has 1 aliphatic rings. The first-order valence-electron chi connectivity index (χ1n) is 11.5. The second-order valence-corrected chi connectivity index (χ2v) is 8.46. The number of rotatable bonds is 7. The molecule has 0 saturated carbocycles. The van der Waals surface area contributed by atoms with E-state index < -0.39 is 0 Å². The molecule has 0 spiro atoms. The number of nitrogens with one attached hydrogen (secondary N) is 1. The van der Waals surface area contributed by atoms with Gasteiger partial charge in [0.1, 0.15) is 6.33 Å². The van der Waals surface area contributed by atoms with Crippen molar-refractivity contribution in [3.05, 3.63) is 102 Å². The van der Waals surface area contributed by atoms with Gasteiger partial charge in [-0.1, -0.05) is 54.6 Å². The van der Waals surface area contributed by atoms with Gasteiger partial charge in [-0.05, 0) is 45.8 Å². The standard InChI is InChI=1S/C26H27N7O/c34-26(24-8-4-5-9-25(24)33-20-27-29-30-33)28-23-12-10-22(11-13-23)19-32-16-14-31(15-17-32)18-21-6-2-1-3-7-21/h1-13,20H,14-19H2,(H,28,34). The van der Waals surface area contributed by atoms with Gasteiger partial charge in [-0.2, -0.15) is 4.68 Å². The van der Waals surface area contributed by atoms with Crippen molar-refractivity contribution in [2.24, 2.45) is 0 Å². The summed E-state index contributed by atoms with van der Waals surface area (Å²) >= 11 is 0. The van der Waals surface area contributed by atoms with E-state index in [1.54, 1.807) is 6.07 Å². The third kappa shape index (κ3) is 5.36. The minimum absolute atomic E-state index is 0.201. The van der Waals surface area contributed by atoms with E-state index in [1.807, 2.05) is 30.3 Å². The Morgan fingerprint density at radius 2 is 1.38 bits per heavy atom. The van der Waals surface area contributed by atoms with Gasteiger partial charge in [-0.3, -0.25) is 14.6 Å². The van der Waals surface area contributed by atoms with E-state index in [2.05, 4.69) is 73.1 Å². The summed E-state index contributed by atoms with van der Waals surface area (Å²) < 4.78 is 1.48. The van der Waals surface area contributed by atoms with Gasteiger partial charge in [0.25, 0.3) is 5.91 Å². The highest BCUT2D eigenvalue weighted by molar-refractivity contribution is 6.06. The zero-order valence-electron chi connectivity index (χ0n) is 18.9. The van der Waals surface area contributed by atoms with Crippen LogP contribution >= 0.6 is 0 Å². The van der Waals surface area contributed by atoms with Gasteiger partial charge in [0, 0.05) is 45.0 Å². The monoisotopic (exact) mass is 453 g/mol. The summed E-state index contributed by atoms with van der Waals surface area (Å²) in [6.45, 7) is 6.18. The molecule has 3 aromatic carbocycles.